The van der Waals surface area contributed by atoms with Crippen molar-refractivity contribution >= 4 is 29.1 Å². The predicted molar refractivity (Wildman–Crippen MR) is 141 cm³/mol. The largest absolute Gasteiger partial charge is 0.351 e. The average molecular weight is 477 g/mol. The Kier molecular flexibility index (Phi) is 7.65. The molecule has 3 atom stereocenters. The summed E-state index contributed by atoms with van der Waals surface area (Å²) in [5, 5.41) is 14.4. The molecule has 0 saturated heterocycles. The minimum absolute atomic E-state index is 0.235. The first kappa shape index (κ1) is 24.7. The molecule has 1 aromatic carbocycles. The highest BCUT2D eigenvalue weighted by Gasteiger charge is 2.29. The third-order valence-electron chi connectivity index (χ3n) is 6.84. The van der Waals surface area contributed by atoms with Crippen LogP contribution < -0.4 is 16.0 Å². The summed E-state index contributed by atoms with van der Waals surface area (Å²) in [5.74, 6) is 1.55. The van der Waals surface area contributed by atoms with Crippen molar-refractivity contribution in [3.63, 3.8) is 0 Å². The minimum Gasteiger partial charge on any atom is -0.351 e. The van der Waals surface area contributed by atoms with Gasteiger partial charge in [-0.3, -0.25) is 4.79 Å². The summed E-state index contributed by atoms with van der Waals surface area (Å²) in [7, 11) is 4.32. The molecule has 3 N–H and O–H groups in total. The number of aryl methyl sites for hydroxylation is 1. The smallest absolute Gasteiger partial charge is 0.247 e. The summed E-state index contributed by atoms with van der Waals surface area (Å²) in [6, 6.07) is 8.64. The zero-order chi connectivity index (χ0) is 24.9. The van der Waals surface area contributed by atoms with Crippen molar-refractivity contribution in [3.05, 3.63) is 54.2 Å². The maximum absolute atomic E-state index is 11.6. The van der Waals surface area contributed by atoms with Gasteiger partial charge in [-0.25, -0.2) is 0 Å². The van der Waals surface area contributed by atoms with Crippen LogP contribution in [0.2, 0.25) is 0 Å². The molecule has 1 aliphatic rings. The molecule has 0 aliphatic heterocycles. The second kappa shape index (κ2) is 10.9. The fourth-order valence-electron chi connectivity index (χ4n) is 4.70. The van der Waals surface area contributed by atoms with Gasteiger partial charge in [-0.05, 0) is 69.5 Å². The molecule has 1 unspecified atom stereocenters. The van der Waals surface area contributed by atoms with E-state index < -0.39 is 0 Å². The Bertz CT molecular complexity index is 1190. The molecular formula is C26H36N8O. The Hall–Kier alpha value is -3.46. The van der Waals surface area contributed by atoms with Crippen molar-refractivity contribution in [2.45, 2.75) is 58.2 Å². The molecule has 35 heavy (non-hydrogen) atoms. The van der Waals surface area contributed by atoms with Crippen LogP contribution in [0.15, 0.2) is 43.1 Å². The highest BCUT2D eigenvalue weighted by Crippen LogP contribution is 2.29. The lowest BCUT2D eigenvalue weighted by molar-refractivity contribution is -0.111. The number of rotatable bonds is 9. The van der Waals surface area contributed by atoms with Crippen LogP contribution in [0.25, 0.3) is 5.65 Å². The number of hydrogen-bond donors (Lipinski definition) is 3. The number of carbonyl (C=O) groups excluding carboxylic acids is 1. The Morgan fingerprint density at radius 1 is 1.29 bits per heavy atom. The van der Waals surface area contributed by atoms with Crippen molar-refractivity contribution in [1.29, 1.82) is 0 Å². The number of hydrogen-bond acceptors (Lipinski definition) is 7. The molecule has 0 bridgehead atoms. The van der Waals surface area contributed by atoms with Crippen LogP contribution in [0.1, 0.15) is 44.2 Å². The fraction of sp³-hybridized carbons (Fsp3) is 0.462. The van der Waals surface area contributed by atoms with Crippen LogP contribution in [0.3, 0.4) is 0 Å². The van der Waals surface area contributed by atoms with Gasteiger partial charge in [0, 0.05) is 29.9 Å². The van der Waals surface area contributed by atoms with E-state index in [0.29, 0.717) is 36.4 Å². The van der Waals surface area contributed by atoms with Gasteiger partial charge in [-0.1, -0.05) is 32.6 Å². The van der Waals surface area contributed by atoms with Gasteiger partial charge in [0.1, 0.15) is 0 Å². The summed E-state index contributed by atoms with van der Waals surface area (Å²) in [5.41, 5.74) is 3.62. The third-order valence-corrected chi connectivity index (χ3v) is 6.84. The zero-order valence-electron chi connectivity index (χ0n) is 21.1. The van der Waals surface area contributed by atoms with Crippen LogP contribution in [-0.4, -0.2) is 56.6 Å². The van der Waals surface area contributed by atoms with E-state index in [1.165, 1.54) is 6.08 Å². The molecule has 1 amide bonds. The topological polar surface area (TPSA) is 99.5 Å². The molecule has 2 heterocycles. The molecule has 3 aromatic rings. The number of benzene rings is 1. The Morgan fingerprint density at radius 2 is 2.11 bits per heavy atom. The zero-order valence-corrected chi connectivity index (χ0v) is 21.1. The van der Waals surface area contributed by atoms with Gasteiger partial charge in [-0.2, -0.15) is 19.6 Å². The van der Waals surface area contributed by atoms with E-state index in [2.05, 4.69) is 60.5 Å². The Labute approximate surface area is 207 Å². The molecular weight excluding hydrogens is 440 g/mol. The summed E-state index contributed by atoms with van der Waals surface area (Å²) in [4.78, 5) is 23.6. The lowest BCUT2D eigenvalue weighted by Gasteiger charge is -2.37. The number of carbonyl (C=O) groups is 1. The number of anilines is 3. The predicted octanol–water partition coefficient (Wildman–Crippen LogP) is 3.95. The highest BCUT2D eigenvalue weighted by atomic mass is 16.1. The molecule has 0 spiro atoms. The van der Waals surface area contributed by atoms with Crippen molar-refractivity contribution < 1.29 is 4.79 Å². The Morgan fingerprint density at radius 3 is 2.83 bits per heavy atom. The second-order valence-corrected chi connectivity index (χ2v) is 9.54. The molecule has 1 saturated carbocycles. The van der Waals surface area contributed by atoms with Gasteiger partial charge in [0.15, 0.2) is 5.65 Å². The summed E-state index contributed by atoms with van der Waals surface area (Å²) < 4.78 is 1.76. The first-order chi connectivity index (χ1) is 16.9. The third kappa shape index (κ3) is 5.79. The van der Waals surface area contributed by atoms with E-state index in [9.17, 15) is 4.79 Å². The van der Waals surface area contributed by atoms with E-state index in [-0.39, 0.29) is 5.91 Å². The van der Waals surface area contributed by atoms with Crippen LogP contribution in [0.5, 0.6) is 0 Å². The van der Waals surface area contributed by atoms with E-state index in [1.54, 1.807) is 4.52 Å². The Balaban J connectivity index is 1.54. The van der Waals surface area contributed by atoms with Crippen LogP contribution in [0, 0.1) is 5.92 Å². The molecule has 186 valence electrons. The summed E-state index contributed by atoms with van der Waals surface area (Å²) in [6.07, 6.45) is 7.36. The number of nitrogens with zero attached hydrogens (tertiary/aromatic N) is 5. The van der Waals surface area contributed by atoms with Crippen molar-refractivity contribution in [3.8, 4) is 0 Å². The van der Waals surface area contributed by atoms with E-state index in [4.69, 9.17) is 9.97 Å². The number of aromatic nitrogens is 4. The van der Waals surface area contributed by atoms with Crippen LogP contribution in [-0.2, 0) is 17.8 Å². The van der Waals surface area contributed by atoms with E-state index in [0.717, 1.165) is 48.1 Å². The first-order valence-corrected chi connectivity index (χ1v) is 12.3. The molecule has 1 aliphatic carbocycles. The number of nitrogens with one attached hydrogen (secondary N) is 3. The van der Waals surface area contributed by atoms with Gasteiger partial charge in [0.05, 0.1) is 6.20 Å². The van der Waals surface area contributed by atoms with Gasteiger partial charge in [0.25, 0.3) is 0 Å². The monoisotopic (exact) mass is 476 g/mol. The molecule has 9 heteroatoms. The van der Waals surface area contributed by atoms with Crippen molar-refractivity contribution in [2.24, 2.45) is 5.92 Å². The van der Waals surface area contributed by atoms with Gasteiger partial charge < -0.3 is 20.9 Å². The molecule has 1 fully saturated rings. The van der Waals surface area contributed by atoms with Crippen LogP contribution in [0.4, 0.5) is 17.6 Å². The average Bonchev–Trinajstić information content (AvgIpc) is 3.27. The van der Waals surface area contributed by atoms with Crippen molar-refractivity contribution in [1.82, 2.24) is 24.5 Å². The van der Waals surface area contributed by atoms with E-state index >= 15 is 0 Å². The lowest BCUT2D eigenvalue weighted by Crippen LogP contribution is -2.41. The summed E-state index contributed by atoms with van der Waals surface area (Å²) in [6.45, 7) is 8.43. The summed E-state index contributed by atoms with van der Waals surface area (Å²) >= 11 is 0. The van der Waals surface area contributed by atoms with Gasteiger partial charge in [-0.15, -0.1) is 0 Å². The number of fused-ring (bicyclic) bond motifs is 1. The normalized spacial score (nSPS) is 20.1. The lowest BCUT2D eigenvalue weighted by atomic mass is 9.82. The van der Waals surface area contributed by atoms with Crippen molar-refractivity contribution in [2.75, 3.05) is 30.0 Å². The second-order valence-electron chi connectivity index (χ2n) is 9.54. The molecule has 2 aromatic heterocycles. The maximum Gasteiger partial charge on any atom is 0.247 e. The van der Waals surface area contributed by atoms with Gasteiger partial charge in [0.2, 0.25) is 17.8 Å². The fourth-order valence-corrected chi connectivity index (χ4v) is 4.70. The maximum atomic E-state index is 11.6. The van der Waals surface area contributed by atoms with E-state index in [1.807, 2.05) is 30.5 Å². The number of amides is 1. The standard InChI is InChI=1S/C26H36N8O/c1-6-19-16-28-34-24(19)31-25(30-22-12-11-21(33(4)5)13-17(22)3)32-26(34)27-15-18-9-8-10-20(14-18)29-23(35)7-2/h7-10,14,16-17,21-22H,2,6,11-13,15H2,1,3-5H3,(H,29,35)(H2,27,30,31,32)/t17?,21-,22-/m1/s1. The molecule has 9 nitrogen and oxygen atoms in total. The van der Waals surface area contributed by atoms with Gasteiger partial charge >= 0.3 is 0 Å². The minimum atomic E-state index is -0.235. The first-order valence-electron chi connectivity index (χ1n) is 12.3. The molecule has 0 radical (unpaired) electrons. The molecule has 4 rings (SSSR count). The SMILES string of the molecule is C=CC(=O)Nc1cccc(CNc2nc(N[C@@H]3CC[C@@H](N(C)C)CC3C)nc3c(CC)cnn23)c1. The highest BCUT2D eigenvalue weighted by molar-refractivity contribution is 5.98. The van der Waals surface area contributed by atoms with Crippen LogP contribution >= 0.6 is 0 Å². The quantitative estimate of drug-likeness (QED) is 0.402.